The number of nitrogens with one attached hydrogen (secondary N) is 1. The molecule has 0 bridgehead atoms. The largest absolute Gasteiger partial charge is 0.330 e. The fraction of sp³-hybridized carbons (Fsp3) is 0.533. The summed E-state index contributed by atoms with van der Waals surface area (Å²) >= 11 is 0. The third kappa shape index (κ3) is 2.65. The van der Waals surface area contributed by atoms with E-state index in [4.69, 9.17) is 5.73 Å². The number of hydrogen-bond acceptors (Lipinski definition) is 3. The van der Waals surface area contributed by atoms with Gasteiger partial charge in [-0.15, -0.1) is 0 Å². The molecule has 4 nitrogen and oxygen atoms in total. The number of nitrogens with two attached hydrogens (primary N) is 1. The second-order valence-corrected chi connectivity index (χ2v) is 6.09. The van der Waals surface area contributed by atoms with Crippen molar-refractivity contribution in [2.75, 3.05) is 25.5 Å². The third-order valence-corrected chi connectivity index (χ3v) is 4.24. The second kappa shape index (κ2) is 4.62. The van der Waals surface area contributed by atoms with Crippen LogP contribution in [0.2, 0.25) is 0 Å². The Kier molecular flexibility index (Phi) is 3.07. The van der Waals surface area contributed by atoms with Gasteiger partial charge in [0.2, 0.25) is 5.91 Å². The van der Waals surface area contributed by atoms with E-state index in [-0.39, 0.29) is 5.91 Å². The molecule has 19 heavy (non-hydrogen) atoms. The first-order chi connectivity index (χ1) is 9.10. The van der Waals surface area contributed by atoms with Crippen LogP contribution in [0, 0.1) is 5.41 Å². The van der Waals surface area contributed by atoms with Gasteiger partial charge in [0.15, 0.2) is 0 Å². The highest BCUT2D eigenvalue weighted by atomic mass is 16.1. The summed E-state index contributed by atoms with van der Waals surface area (Å²) in [5, 5.41) is 2.87. The molecule has 3 rings (SSSR count). The van der Waals surface area contributed by atoms with Gasteiger partial charge in [-0.05, 0) is 49.0 Å². The predicted molar refractivity (Wildman–Crippen MR) is 75.8 cm³/mol. The molecule has 0 radical (unpaired) electrons. The van der Waals surface area contributed by atoms with Crippen LogP contribution >= 0.6 is 0 Å². The van der Waals surface area contributed by atoms with E-state index in [9.17, 15) is 4.79 Å². The maximum Gasteiger partial charge on any atom is 0.228 e. The van der Waals surface area contributed by atoms with Crippen molar-refractivity contribution in [1.29, 1.82) is 0 Å². The lowest BCUT2D eigenvalue weighted by atomic mass is 10.1. The van der Waals surface area contributed by atoms with Gasteiger partial charge in [0, 0.05) is 18.8 Å². The van der Waals surface area contributed by atoms with Gasteiger partial charge in [0.25, 0.3) is 0 Å². The Bertz CT molecular complexity index is 508. The zero-order valence-electron chi connectivity index (χ0n) is 11.4. The van der Waals surface area contributed by atoms with Crippen LogP contribution in [0.4, 0.5) is 5.69 Å². The Morgan fingerprint density at radius 3 is 2.89 bits per heavy atom. The maximum absolute atomic E-state index is 11.3. The van der Waals surface area contributed by atoms with Crippen LogP contribution in [0.5, 0.6) is 0 Å². The monoisotopic (exact) mass is 259 g/mol. The number of nitrogens with zero attached hydrogens (tertiary/aromatic N) is 1. The van der Waals surface area contributed by atoms with E-state index in [0.717, 1.165) is 30.9 Å². The van der Waals surface area contributed by atoms with Gasteiger partial charge in [0.05, 0.1) is 6.42 Å². The van der Waals surface area contributed by atoms with Crippen LogP contribution in [0.3, 0.4) is 0 Å². The maximum atomic E-state index is 11.3. The number of amides is 1. The number of hydrogen-bond donors (Lipinski definition) is 2. The number of anilines is 1. The molecule has 0 spiro atoms. The molecule has 4 heteroatoms. The topological polar surface area (TPSA) is 58.4 Å². The van der Waals surface area contributed by atoms with Crippen LogP contribution in [0.1, 0.15) is 24.0 Å². The number of rotatable bonds is 5. The molecule has 1 aromatic rings. The van der Waals surface area contributed by atoms with Crippen LogP contribution in [0.15, 0.2) is 18.2 Å². The first-order valence-corrected chi connectivity index (χ1v) is 6.90. The molecular formula is C15H21N3O. The van der Waals surface area contributed by atoms with Crippen molar-refractivity contribution in [3.63, 3.8) is 0 Å². The average Bonchev–Trinajstić information content (AvgIpc) is 3.03. The molecule has 0 unspecified atom stereocenters. The highest BCUT2D eigenvalue weighted by Gasteiger charge is 2.41. The van der Waals surface area contributed by atoms with Crippen LogP contribution in [0.25, 0.3) is 0 Å². The molecule has 0 saturated heterocycles. The average molecular weight is 259 g/mol. The van der Waals surface area contributed by atoms with Gasteiger partial charge < -0.3 is 16.0 Å². The van der Waals surface area contributed by atoms with E-state index in [2.05, 4.69) is 29.4 Å². The van der Waals surface area contributed by atoms with Gasteiger partial charge in [0.1, 0.15) is 0 Å². The van der Waals surface area contributed by atoms with Crippen molar-refractivity contribution in [2.24, 2.45) is 11.1 Å². The van der Waals surface area contributed by atoms with E-state index < -0.39 is 0 Å². The van der Waals surface area contributed by atoms with E-state index >= 15 is 0 Å². The standard InChI is InChI=1S/C15H21N3O/c1-18(10-15(9-16)4-5-15)8-11-2-3-13-12(6-11)7-14(19)17-13/h2-3,6H,4-5,7-10,16H2,1H3,(H,17,19). The van der Waals surface area contributed by atoms with Gasteiger partial charge in [-0.3, -0.25) is 4.79 Å². The van der Waals surface area contributed by atoms with E-state index in [1.165, 1.54) is 18.4 Å². The fourth-order valence-electron chi connectivity index (χ4n) is 2.92. The smallest absolute Gasteiger partial charge is 0.228 e. The molecule has 1 aliphatic heterocycles. The number of benzene rings is 1. The van der Waals surface area contributed by atoms with Crippen LogP contribution in [-0.4, -0.2) is 30.9 Å². The van der Waals surface area contributed by atoms with Gasteiger partial charge in [-0.1, -0.05) is 12.1 Å². The van der Waals surface area contributed by atoms with Crippen LogP contribution < -0.4 is 11.1 Å². The highest BCUT2D eigenvalue weighted by Crippen LogP contribution is 2.45. The Morgan fingerprint density at radius 2 is 2.21 bits per heavy atom. The lowest BCUT2D eigenvalue weighted by molar-refractivity contribution is -0.115. The Hall–Kier alpha value is -1.39. The summed E-state index contributed by atoms with van der Waals surface area (Å²) in [4.78, 5) is 13.7. The van der Waals surface area contributed by atoms with Crippen molar-refractivity contribution in [3.05, 3.63) is 29.3 Å². The minimum Gasteiger partial charge on any atom is -0.330 e. The highest BCUT2D eigenvalue weighted by molar-refractivity contribution is 5.99. The molecule has 1 aromatic carbocycles. The molecule has 1 heterocycles. The summed E-state index contributed by atoms with van der Waals surface area (Å²) in [5.74, 6) is 0.0977. The first kappa shape index (κ1) is 12.6. The zero-order chi connectivity index (χ0) is 13.5. The SMILES string of the molecule is CN(Cc1ccc2c(c1)CC(=O)N2)CC1(CN)CC1. The summed E-state index contributed by atoms with van der Waals surface area (Å²) < 4.78 is 0. The molecular weight excluding hydrogens is 238 g/mol. The van der Waals surface area contributed by atoms with Crippen molar-refractivity contribution >= 4 is 11.6 Å². The molecule has 2 aliphatic rings. The van der Waals surface area contributed by atoms with Crippen LogP contribution in [-0.2, 0) is 17.8 Å². The molecule has 0 atom stereocenters. The van der Waals surface area contributed by atoms with E-state index in [1.807, 2.05) is 6.07 Å². The lowest BCUT2D eigenvalue weighted by Crippen LogP contribution is -2.31. The minimum absolute atomic E-state index is 0.0977. The van der Waals surface area contributed by atoms with E-state index in [1.54, 1.807) is 0 Å². The number of fused-ring (bicyclic) bond motifs is 1. The van der Waals surface area contributed by atoms with Crippen molar-refractivity contribution in [1.82, 2.24) is 4.90 Å². The fourth-order valence-corrected chi connectivity index (χ4v) is 2.92. The van der Waals surface area contributed by atoms with Gasteiger partial charge >= 0.3 is 0 Å². The summed E-state index contributed by atoms with van der Waals surface area (Å²) in [7, 11) is 2.15. The van der Waals surface area contributed by atoms with Crippen molar-refractivity contribution < 1.29 is 4.79 Å². The molecule has 1 amide bonds. The molecule has 1 saturated carbocycles. The predicted octanol–water partition coefficient (Wildman–Crippen LogP) is 1.35. The van der Waals surface area contributed by atoms with Crippen molar-refractivity contribution in [3.8, 4) is 0 Å². The summed E-state index contributed by atoms with van der Waals surface area (Å²) in [5.41, 5.74) is 9.56. The molecule has 102 valence electrons. The van der Waals surface area contributed by atoms with Crippen molar-refractivity contribution in [2.45, 2.75) is 25.8 Å². The summed E-state index contributed by atoms with van der Waals surface area (Å²) in [6, 6.07) is 6.26. The summed E-state index contributed by atoms with van der Waals surface area (Å²) in [6.07, 6.45) is 3.03. The van der Waals surface area contributed by atoms with Gasteiger partial charge in [-0.25, -0.2) is 0 Å². The number of carbonyl (C=O) groups is 1. The quantitative estimate of drug-likeness (QED) is 0.839. The Morgan fingerprint density at radius 1 is 1.42 bits per heavy atom. The molecule has 1 fully saturated rings. The first-order valence-electron chi connectivity index (χ1n) is 6.90. The molecule has 3 N–H and O–H groups in total. The van der Waals surface area contributed by atoms with E-state index in [0.29, 0.717) is 11.8 Å². The zero-order valence-corrected chi connectivity index (χ0v) is 11.4. The summed E-state index contributed by atoms with van der Waals surface area (Å²) in [6.45, 7) is 2.78. The third-order valence-electron chi connectivity index (χ3n) is 4.24. The normalized spacial score (nSPS) is 19.4. The number of carbonyl (C=O) groups excluding carboxylic acids is 1. The Labute approximate surface area is 114 Å². The second-order valence-electron chi connectivity index (χ2n) is 6.09. The minimum atomic E-state index is 0.0977. The molecule has 1 aliphatic carbocycles. The molecule has 0 aromatic heterocycles. The lowest BCUT2D eigenvalue weighted by Gasteiger charge is -2.22. The Balaban J connectivity index is 1.64. The van der Waals surface area contributed by atoms with Gasteiger partial charge in [-0.2, -0.15) is 0 Å².